The van der Waals surface area contributed by atoms with E-state index in [4.69, 9.17) is 13.9 Å². The van der Waals surface area contributed by atoms with E-state index in [2.05, 4.69) is 56.9 Å². The van der Waals surface area contributed by atoms with Crippen LogP contribution in [0.3, 0.4) is 0 Å². The molecule has 0 amide bonds. The molecule has 168 valence electrons. The predicted molar refractivity (Wildman–Crippen MR) is 126 cm³/mol. The Morgan fingerprint density at radius 3 is 2.09 bits per heavy atom. The number of hydrogen-bond acceptors (Lipinski definition) is 5. The van der Waals surface area contributed by atoms with Crippen molar-refractivity contribution in [1.82, 2.24) is 0 Å². The van der Waals surface area contributed by atoms with Crippen molar-refractivity contribution < 1.29 is 23.5 Å². The first-order chi connectivity index (χ1) is 15.3. The lowest BCUT2D eigenvalue weighted by molar-refractivity contribution is -0.138. The number of hydrogen-bond donors (Lipinski definition) is 0. The van der Waals surface area contributed by atoms with Gasteiger partial charge in [0.1, 0.15) is 6.10 Å². The van der Waals surface area contributed by atoms with Crippen molar-refractivity contribution in [2.24, 2.45) is 5.92 Å². The van der Waals surface area contributed by atoms with Crippen molar-refractivity contribution in [2.75, 3.05) is 13.2 Å². The second-order valence-corrected chi connectivity index (χ2v) is 13.1. The monoisotopic (exact) mass is 450 g/mol. The minimum Gasteiger partial charge on any atom is -0.465 e. The summed E-state index contributed by atoms with van der Waals surface area (Å²) in [6.45, 7) is 8.72. The molecule has 1 aliphatic rings. The average molecular weight is 451 g/mol. The molecule has 32 heavy (non-hydrogen) atoms. The van der Waals surface area contributed by atoms with Crippen LogP contribution in [0.2, 0.25) is 5.04 Å². The molecule has 1 saturated heterocycles. The Kier molecular flexibility index (Phi) is 7.55. The molecule has 0 bridgehead atoms. The summed E-state index contributed by atoms with van der Waals surface area (Å²) in [6, 6.07) is 20.4. The zero-order valence-electron chi connectivity index (χ0n) is 19.1. The maximum atomic E-state index is 12.0. The third kappa shape index (κ3) is 5.12. The van der Waals surface area contributed by atoms with Crippen LogP contribution in [0.1, 0.15) is 34.1 Å². The van der Waals surface area contributed by atoms with E-state index in [9.17, 15) is 9.59 Å². The van der Waals surface area contributed by atoms with Gasteiger partial charge in [0.25, 0.3) is 8.32 Å². The SMILES string of the molecule is CCOC(=O)C#C[C@@H](O[Si](c1ccccc1)(c1ccccc1)C(C)(C)C)[C@@H]1COC(=O)C1. The minimum absolute atomic E-state index is 0.209. The molecular formula is C26H30O5Si. The molecule has 1 fully saturated rings. The van der Waals surface area contributed by atoms with E-state index >= 15 is 0 Å². The minimum atomic E-state index is -2.91. The first-order valence-electron chi connectivity index (χ1n) is 10.9. The van der Waals surface area contributed by atoms with Crippen LogP contribution in [0, 0.1) is 17.8 Å². The summed E-state index contributed by atoms with van der Waals surface area (Å²) < 4.78 is 17.3. The van der Waals surface area contributed by atoms with Gasteiger partial charge < -0.3 is 13.9 Å². The fourth-order valence-corrected chi connectivity index (χ4v) is 8.80. The second-order valence-electron chi connectivity index (χ2n) is 8.84. The fraction of sp³-hybridized carbons (Fsp3) is 0.385. The van der Waals surface area contributed by atoms with Crippen LogP contribution in [0.15, 0.2) is 60.7 Å². The maximum Gasteiger partial charge on any atom is 0.384 e. The Labute approximate surface area is 191 Å². The number of ether oxygens (including phenoxy) is 2. The number of esters is 2. The van der Waals surface area contributed by atoms with Crippen LogP contribution in [0.25, 0.3) is 0 Å². The molecule has 6 heteroatoms. The van der Waals surface area contributed by atoms with E-state index in [1.807, 2.05) is 36.4 Å². The summed E-state index contributed by atoms with van der Waals surface area (Å²) >= 11 is 0. The van der Waals surface area contributed by atoms with Crippen LogP contribution in [0.5, 0.6) is 0 Å². The lowest BCUT2D eigenvalue weighted by Crippen LogP contribution is -2.68. The lowest BCUT2D eigenvalue weighted by Gasteiger charge is -2.45. The van der Waals surface area contributed by atoms with Gasteiger partial charge >= 0.3 is 11.9 Å². The maximum absolute atomic E-state index is 12.0. The zero-order chi connectivity index (χ0) is 23.2. The van der Waals surface area contributed by atoms with Crippen molar-refractivity contribution >= 4 is 30.6 Å². The van der Waals surface area contributed by atoms with Crippen LogP contribution >= 0.6 is 0 Å². The molecule has 3 rings (SSSR count). The molecule has 0 aromatic heterocycles. The standard InChI is InChI=1S/C26H30O5Si/c1-5-29-24(27)17-16-23(20-18-25(28)30-19-20)31-32(26(2,3)4,21-12-8-6-9-13-21)22-14-10-7-11-15-22/h6-15,20,23H,5,18-19H2,1-4H3/t20-,23+/m0/s1. The fourth-order valence-electron chi connectivity index (χ4n) is 4.15. The van der Waals surface area contributed by atoms with Crippen LogP contribution < -0.4 is 10.4 Å². The number of rotatable bonds is 6. The number of carbonyl (C=O) groups excluding carboxylic acids is 2. The molecule has 2 aromatic rings. The highest BCUT2D eigenvalue weighted by molar-refractivity contribution is 6.99. The average Bonchev–Trinajstić information content (AvgIpc) is 3.21. The summed E-state index contributed by atoms with van der Waals surface area (Å²) in [7, 11) is -2.91. The second kappa shape index (κ2) is 10.2. The Morgan fingerprint density at radius 1 is 1.09 bits per heavy atom. The number of cyclic esters (lactones) is 1. The summed E-state index contributed by atoms with van der Waals surface area (Å²) in [5.41, 5.74) is 0. The van der Waals surface area contributed by atoms with Gasteiger partial charge in [0.2, 0.25) is 0 Å². The Hall–Kier alpha value is -2.88. The van der Waals surface area contributed by atoms with Gasteiger partial charge in [-0.1, -0.05) is 87.4 Å². The van der Waals surface area contributed by atoms with Gasteiger partial charge in [-0.2, -0.15) is 0 Å². The van der Waals surface area contributed by atoms with Gasteiger partial charge in [-0.25, -0.2) is 4.79 Å². The lowest BCUT2D eigenvalue weighted by atomic mass is 10.0. The summed E-state index contributed by atoms with van der Waals surface area (Å²) in [5, 5.41) is 1.95. The predicted octanol–water partition coefficient (Wildman–Crippen LogP) is 3.06. The van der Waals surface area contributed by atoms with E-state index in [1.165, 1.54) is 0 Å². The van der Waals surface area contributed by atoms with Crippen LogP contribution in [-0.2, 0) is 23.5 Å². The molecular weight excluding hydrogens is 420 g/mol. The van der Waals surface area contributed by atoms with E-state index in [-0.39, 0.29) is 36.6 Å². The smallest absolute Gasteiger partial charge is 0.384 e. The van der Waals surface area contributed by atoms with E-state index in [1.54, 1.807) is 6.92 Å². The van der Waals surface area contributed by atoms with Crippen molar-refractivity contribution in [3.8, 4) is 11.8 Å². The first-order valence-corrected chi connectivity index (χ1v) is 12.8. The zero-order valence-corrected chi connectivity index (χ0v) is 20.1. The number of carbonyl (C=O) groups is 2. The van der Waals surface area contributed by atoms with Gasteiger partial charge in [-0.05, 0) is 22.3 Å². The molecule has 0 spiro atoms. The highest BCUT2D eigenvalue weighted by Gasteiger charge is 2.52. The topological polar surface area (TPSA) is 61.8 Å². The molecule has 0 aliphatic carbocycles. The largest absolute Gasteiger partial charge is 0.465 e. The molecule has 0 saturated carbocycles. The molecule has 2 atom stereocenters. The molecule has 0 radical (unpaired) electrons. The third-order valence-corrected chi connectivity index (χ3v) is 10.6. The normalized spacial score (nSPS) is 17.1. The summed E-state index contributed by atoms with van der Waals surface area (Å²) in [5.74, 6) is 4.43. The molecule has 2 aromatic carbocycles. The van der Waals surface area contributed by atoms with Gasteiger partial charge in [0.05, 0.1) is 19.6 Å². The van der Waals surface area contributed by atoms with Crippen LogP contribution in [-0.4, -0.2) is 39.6 Å². The highest BCUT2D eigenvalue weighted by Crippen LogP contribution is 2.39. The molecule has 1 aliphatic heterocycles. The summed E-state index contributed by atoms with van der Waals surface area (Å²) in [4.78, 5) is 23.9. The van der Waals surface area contributed by atoms with Crippen molar-refractivity contribution in [3.05, 3.63) is 60.7 Å². The molecule has 0 unspecified atom stereocenters. The van der Waals surface area contributed by atoms with Crippen molar-refractivity contribution in [3.63, 3.8) is 0 Å². The van der Waals surface area contributed by atoms with Crippen molar-refractivity contribution in [1.29, 1.82) is 0 Å². The van der Waals surface area contributed by atoms with Gasteiger partial charge in [0.15, 0.2) is 0 Å². The number of benzene rings is 2. The van der Waals surface area contributed by atoms with Gasteiger partial charge in [-0.3, -0.25) is 4.79 Å². The van der Waals surface area contributed by atoms with Crippen molar-refractivity contribution in [2.45, 2.75) is 45.3 Å². The third-order valence-electron chi connectivity index (χ3n) is 5.63. The van der Waals surface area contributed by atoms with Crippen LogP contribution in [0.4, 0.5) is 0 Å². The van der Waals surface area contributed by atoms with E-state index in [0.717, 1.165) is 10.4 Å². The quantitative estimate of drug-likeness (QED) is 0.293. The van der Waals surface area contributed by atoms with Gasteiger partial charge in [0, 0.05) is 11.8 Å². The Morgan fingerprint density at radius 2 is 1.66 bits per heavy atom. The van der Waals surface area contributed by atoms with Gasteiger partial charge in [-0.15, -0.1) is 0 Å². The molecule has 5 nitrogen and oxygen atoms in total. The highest BCUT2D eigenvalue weighted by atomic mass is 28.4. The van der Waals surface area contributed by atoms with E-state index in [0.29, 0.717) is 0 Å². The van der Waals surface area contributed by atoms with E-state index < -0.39 is 20.4 Å². The first kappa shape index (κ1) is 23.8. The summed E-state index contributed by atoms with van der Waals surface area (Å²) in [6.07, 6.45) is -0.447. The Bertz CT molecular complexity index is 946. The Balaban J connectivity index is 2.15. The molecule has 1 heterocycles. The molecule has 0 N–H and O–H groups in total.